The summed E-state index contributed by atoms with van der Waals surface area (Å²) in [4.78, 5) is 4.92. The molecule has 194 valence electrons. The van der Waals surface area contributed by atoms with E-state index < -0.39 is 0 Å². The summed E-state index contributed by atoms with van der Waals surface area (Å²) < 4.78 is 9.89. The van der Waals surface area contributed by atoms with E-state index in [1.807, 2.05) is 19.9 Å². The van der Waals surface area contributed by atoms with E-state index in [0.29, 0.717) is 17.4 Å². The van der Waals surface area contributed by atoms with E-state index in [-0.39, 0.29) is 0 Å². The standard InChI is InChI=1S/C20H29ClIN6P.C4H8O2/c1-5-14-11-27(6-2)7-8-28(14)20-17(13(4)24-25-20)18-15(10-23)16(26-29-22)9-12(3)19(18)21;1-2-6-4-3-5-1/h9-10,14,23,26,29H,5-8,11H2,1-4H3,(H,24,25);1-4H2. The van der Waals surface area contributed by atoms with E-state index in [2.05, 4.69) is 55.9 Å². The van der Waals surface area contributed by atoms with Crippen LogP contribution in [0.3, 0.4) is 0 Å². The molecule has 0 spiro atoms. The number of hydrogen-bond acceptors (Lipinski definition) is 7. The number of aromatic amines is 1. The van der Waals surface area contributed by atoms with Gasteiger partial charge in [0.2, 0.25) is 0 Å². The van der Waals surface area contributed by atoms with Gasteiger partial charge in [0.25, 0.3) is 0 Å². The van der Waals surface area contributed by atoms with Crippen LogP contribution in [0.1, 0.15) is 37.1 Å². The molecule has 2 aromatic rings. The molecule has 8 nitrogen and oxygen atoms in total. The fraction of sp³-hybridized carbons (Fsp3) is 0.583. The van der Waals surface area contributed by atoms with Gasteiger partial charge in [-0.05, 0) is 60.5 Å². The average Bonchev–Trinajstić information content (AvgIpc) is 3.27. The molecule has 2 fully saturated rings. The highest BCUT2D eigenvalue weighted by molar-refractivity contribution is 14.2. The van der Waals surface area contributed by atoms with Crippen LogP contribution in [0.4, 0.5) is 11.5 Å². The van der Waals surface area contributed by atoms with Gasteiger partial charge in [-0.15, -0.1) is 0 Å². The minimum atomic E-state index is 0.408. The molecule has 2 aliphatic rings. The highest BCUT2D eigenvalue weighted by Crippen LogP contribution is 2.44. The van der Waals surface area contributed by atoms with Gasteiger partial charge in [0, 0.05) is 66.3 Å². The number of rotatable bonds is 7. The molecule has 2 aliphatic heterocycles. The fourth-order valence-corrected chi connectivity index (χ4v) is 5.99. The van der Waals surface area contributed by atoms with E-state index >= 15 is 0 Å². The monoisotopic (exact) mass is 634 g/mol. The molecule has 2 saturated heterocycles. The summed E-state index contributed by atoms with van der Waals surface area (Å²) in [5.41, 5.74) is 5.65. The molecule has 2 atom stereocenters. The van der Waals surface area contributed by atoms with Crippen molar-refractivity contribution in [3.63, 3.8) is 0 Å². The Balaban J connectivity index is 0.000000497. The van der Waals surface area contributed by atoms with Crippen molar-refractivity contribution in [2.75, 3.05) is 62.6 Å². The van der Waals surface area contributed by atoms with Crippen LogP contribution in [0.5, 0.6) is 0 Å². The van der Waals surface area contributed by atoms with Crippen molar-refractivity contribution in [1.82, 2.24) is 15.1 Å². The zero-order valence-electron chi connectivity index (χ0n) is 21.0. The number of anilines is 2. The van der Waals surface area contributed by atoms with Gasteiger partial charge in [-0.2, -0.15) is 5.10 Å². The van der Waals surface area contributed by atoms with Crippen molar-refractivity contribution in [2.24, 2.45) is 0 Å². The molecule has 0 aliphatic carbocycles. The van der Waals surface area contributed by atoms with Crippen molar-refractivity contribution >= 4 is 57.7 Å². The van der Waals surface area contributed by atoms with Gasteiger partial charge < -0.3 is 24.9 Å². The second-order valence-electron chi connectivity index (χ2n) is 8.63. The van der Waals surface area contributed by atoms with Crippen molar-refractivity contribution in [3.05, 3.63) is 27.9 Å². The molecular formula is C24H37ClIN6O2P. The van der Waals surface area contributed by atoms with Gasteiger partial charge in [-0.3, -0.25) is 10.00 Å². The van der Waals surface area contributed by atoms with Crippen molar-refractivity contribution in [2.45, 2.75) is 40.2 Å². The lowest BCUT2D eigenvalue weighted by Gasteiger charge is -2.41. The van der Waals surface area contributed by atoms with E-state index in [0.717, 1.165) is 98.5 Å². The Morgan fingerprint density at radius 1 is 1.23 bits per heavy atom. The molecule has 11 heteroatoms. The van der Waals surface area contributed by atoms with Crippen LogP contribution in [-0.4, -0.2) is 80.0 Å². The predicted octanol–water partition coefficient (Wildman–Crippen LogP) is 5.65. The number of H-pyrrole nitrogens is 1. The zero-order chi connectivity index (χ0) is 25.4. The van der Waals surface area contributed by atoms with Crippen LogP contribution >= 0.6 is 40.0 Å². The van der Waals surface area contributed by atoms with Crippen LogP contribution < -0.4 is 9.99 Å². The van der Waals surface area contributed by atoms with E-state index in [1.54, 1.807) is 0 Å². The average molecular weight is 635 g/mol. The number of nitrogens with zero attached hydrogens (tertiary/aromatic N) is 3. The van der Waals surface area contributed by atoms with Crippen LogP contribution in [0.25, 0.3) is 11.1 Å². The van der Waals surface area contributed by atoms with Gasteiger partial charge in [0.15, 0.2) is 5.82 Å². The lowest BCUT2D eigenvalue weighted by atomic mass is 9.95. The Morgan fingerprint density at radius 3 is 2.46 bits per heavy atom. The van der Waals surface area contributed by atoms with Gasteiger partial charge >= 0.3 is 0 Å². The summed E-state index contributed by atoms with van der Waals surface area (Å²) in [6.07, 6.45) is 2.98. The second-order valence-corrected chi connectivity index (χ2v) is 11.1. The summed E-state index contributed by atoms with van der Waals surface area (Å²) in [6.45, 7) is 15.7. The van der Waals surface area contributed by atoms with Gasteiger partial charge in [0.05, 0.1) is 31.5 Å². The molecule has 1 aromatic heterocycles. The molecule has 1 aromatic carbocycles. The van der Waals surface area contributed by atoms with E-state index in [4.69, 9.17) is 31.6 Å². The summed E-state index contributed by atoms with van der Waals surface area (Å²) in [5.74, 6) is 0.948. The Labute approximate surface area is 228 Å². The Hall–Kier alpha value is -0.970. The Kier molecular flexibility index (Phi) is 11.5. The molecule has 4 rings (SSSR count). The van der Waals surface area contributed by atoms with Gasteiger partial charge in [-0.25, -0.2) is 0 Å². The molecular weight excluding hydrogens is 598 g/mol. The minimum absolute atomic E-state index is 0.408. The van der Waals surface area contributed by atoms with Crippen molar-refractivity contribution in [3.8, 4) is 11.1 Å². The third-order valence-electron chi connectivity index (χ3n) is 6.49. The summed E-state index contributed by atoms with van der Waals surface area (Å²) in [5, 5.41) is 20.1. The van der Waals surface area contributed by atoms with Crippen LogP contribution in [0.15, 0.2) is 6.07 Å². The quantitative estimate of drug-likeness (QED) is 0.207. The number of nitrogens with one attached hydrogen (secondary N) is 3. The first-order valence-electron chi connectivity index (χ1n) is 12.1. The molecule has 3 heterocycles. The number of benzene rings is 1. The fourth-order valence-electron chi connectivity index (χ4n) is 4.55. The highest BCUT2D eigenvalue weighted by Gasteiger charge is 2.31. The summed E-state index contributed by atoms with van der Waals surface area (Å²) >= 11 is 9.15. The molecule has 3 N–H and O–H groups in total. The normalized spacial score (nSPS) is 19.0. The number of piperazine rings is 1. The molecule has 0 amide bonds. The first-order valence-corrected chi connectivity index (χ1v) is 16.6. The summed E-state index contributed by atoms with van der Waals surface area (Å²) in [6, 6.07) is 2.44. The Morgan fingerprint density at radius 2 is 1.91 bits per heavy atom. The topological polar surface area (TPSA) is 89.5 Å². The third-order valence-corrected chi connectivity index (χ3v) is 8.15. The van der Waals surface area contributed by atoms with E-state index in [9.17, 15) is 0 Å². The van der Waals surface area contributed by atoms with Gasteiger partial charge in [-0.1, -0.05) is 25.4 Å². The number of halogens is 2. The van der Waals surface area contributed by atoms with Crippen LogP contribution in [0.2, 0.25) is 5.02 Å². The maximum Gasteiger partial charge on any atom is 0.158 e. The summed E-state index contributed by atoms with van der Waals surface area (Å²) in [7, 11) is 0. The van der Waals surface area contributed by atoms with Gasteiger partial charge in [0.1, 0.15) is 0 Å². The highest BCUT2D eigenvalue weighted by atomic mass is 127. The van der Waals surface area contributed by atoms with Crippen molar-refractivity contribution in [1.29, 1.82) is 5.41 Å². The zero-order valence-corrected chi connectivity index (χ0v) is 24.9. The molecule has 0 saturated carbocycles. The lowest BCUT2D eigenvalue weighted by molar-refractivity contribution is -0.0334. The number of aromatic nitrogens is 2. The number of ether oxygens (including phenoxy) is 2. The largest absolute Gasteiger partial charge is 0.377 e. The number of likely N-dealkylation sites (N-methyl/N-ethyl adjacent to an activating group) is 1. The molecule has 0 radical (unpaired) electrons. The van der Waals surface area contributed by atoms with Crippen LogP contribution in [-0.2, 0) is 9.47 Å². The maximum atomic E-state index is 8.11. The minimum Gasteiger partial charge on any atom is -0.377 e. The molecule has 35 heavy (non-hydrogen) atoms. The Bertz CT molecular complexity index is 976. The maximum absolute atomic E-state index is 8.11. The first kappa shape index (κ1) is 28.6. The SMILES string of the molecule is C1COCCO1.CCC1CN(CC)CCN1c1n[nH]c(C)c1-c1c(Cl)c(C)cc(NPI)c1C=N. The molecule has 0 bridgehead atoms. The number of hydrogen-bond donors (Lipinski definition) is 3. The van der Waals surface area contributed by atoms with Crippen molar-refractivity contribution < 1.29 is 9.47 Å². The number of aryl methyl sites for hydroxylation is 2. The van der Waals surface area contributed by atoms with Crippen LogP contribution in [0, 0.1) is 19.3 Å². The predicted molar refractivity (Wildman–Crippen MR) is 158 cm³/mol. The second kappa shape index (κ2) is 14.1. The van der Waals surface area contributed by atoms with E-state index in [1.165, 1.54) is 6.21 Å². The first-order chi connectivity index (χ1) is 17.0. The third kappa shape index (κ3) is 6.87. The molecule has 2 unspecified atom stereocenters. The lowest BCUT2D eigenvalue weighted by Crippen LogP contribution is -2.53. The smallest absolute Gasteiger partial charge is 0.158 e.